The van der Waals surface area contributed by atoms with E-state index in [0.29, 0.717) is 36.7 Å². The smallest absolute Gasteiger partial charge is 0.277 e. The van der Waals surface area contributed by atoms with Crippen molar-refractivity contribution in [3.05, 3.63) is 46.9 Å². The first-order valence-electron chi connectivity index (χ1n) is 12.0. The maximum atomic E-state index is 14.8. The van der Waals surface area contributed by atoms with Gasteiger partial charge in [0, 0.05) is 24.7 Å². The van der Waals surface area contributed by atoms with Gasteiger partial charge in [0.15, 0.2) is 17.3 Å². The van der Waals surface area contributed by atoms with Crippen LogP contribution < -0.4 is 26.4 Å². The zero-order valence-corrected chi connectivity index (χ0v) is 21.2. The Morgan fingerprint density at radius 3 is 2.84 bits per heavy atom. The number of aliphatic hydroxyl groups excluding tert-OH is 1. The highest BCUT2D eigenvalue weighted by molar-refractivity contribution is 7.19. The molecule has 0 saturated carbocycles. The predicted octanol–water partition coefficient (Wildman–Crippen LogP) is 3.48. The molecule has 12 heteroatoms. The highest BCUT2D eigenvalue weighted by Gasteiger charge is 2.33. The number of anilines is 3. The molecular weight excluding hydrogens is 502 g/mol. The standard InChI is InChI=1S/C25H28F2N6O3S/c1-11-7-12(28)10-33(9-11)22-13-3-5-16(34)20(13)30-8-15(22)31-24(35)21-23(29)37-25(32-21)18-14(26)4-6-17(36-2)19(18)27/h4,6,8,11-12,16,34H,3,5,7,9-10,28-29H2,1-2H3,(H,31,35). The van der Waals surface area contributed by atoms with Crippen molar-refractivity contribution in [1.82, 2.24) is 9.97 Å². The molecule has 6 N–H and O–H groups in total. The molecule has 3 aromatic rings. The van der Waals surface area contributed by atoms with Crippen LogP contribution in [-0.4, -0.2) is 47.2 Å². The van der Waals surface area contributed by atoms with Gasteiger partial charge in [0.1, 0.15) is 15.8 Å². The van der Waals surface area contributed by atoms with E-state index in [9.17, 15) is 18.7 Å². The van der Waals surface area contributed by atoms with Gasteiger partial charge in [0.05, 0.1) is 42.0 Å². The quantitative estimate of drug-likeness (QED) is 0.393. The normalized spacial score (nSPS) is 21.1. The average Bonchev–Trinajstić information content (AvgIpc) is 3.41. The molecule has 3 heterocycles. The van der Waals surface area contributed by atoms with Crippen molar-refractivity contribution >= 4 is 33.6 Å². The molecule has 0 radical (unpaired) electrons. The lowest BCUT2D eigenvalue weighted by Gasteiger charge is -2.38. The SMILES string of the molecule is COc1ccc(F)c(-c2nc(C(=O)Nc3cnc4c(c3N3CC(C)CC(N)C3)CCC4O)c(N)s2)c1F. The van der Waals surface area contributed by atoms with Crippen molar-refractivity contribution in [3.63, 3.8) is 0 Å². The summed E-state index contributed by atoms with van der Waals surface area (Å²) < 4.78 is 34.3. The first kappa shape index (κ1) is 25.3. The number of halogens is 2. The number of nitrogens with one attached hydrogen (secondary N) is 1. The van der Waals surface area contributed by atoms with Crippen LogP contribution in [0.3, 0.4) is 0 Å². The number of piperidine rings is 1. The van der Waals surface area contributed by atoms with Gasteiger partial charge in [-0.25, -0.2) is 13.8 Å². The number of amides is 1. The topological polar surface area (TPSA) is 140 Å². The van der Waals surface area contributed by atoms with Crippen LogP contribution in [0.25, 0.3) is 10.6 Å². The Labute approximate surface area is 216 Å². The van der Waals surface area contributed by atoms with Crippen LogP contribution in [0, 0.1) is 17.6 Å². The molecule has 1 saturated heterocycles. The number of carbonyl (C=O) groups is 1. The molecule has 37 heavy (non-hydrogen) atoms. The van der Waals surface area contributed by atoms with Crippen LogP contribution in [0.4, 0.5) is 25.2 Å². The van der Waals surface area contributed by atoms with Crippen LogP contribution in [-0.2, 0) is 6.42 Å². The summed E-state index contributed by atoms with van der Waals surface area (Å²) in [4.78, 5) is 24.0. The van der Waals surface area contributed by atoms with Crippen LogP contribution >= 0.6 is 11.3 Å². The summed E-state index contributed by atoms with van der Waals surface area (Å²) in [5.74, 6) is -2.23. The van der Waals surface area contributed by atoms with Crippen molar-refractivity contribution in [3.8, 4) is 16.3 Å². The third-order valence-corrected chi connectivity index (χ3v) is 7.68. The summed E-state index contributed by atoms with van der Waals surface area (Å²) in [5, 5.41) is 13.2. The van der Waals surface area contributed by atoms with E-state index in [-0.39, 0.29) is 27.5 Å². The molecule has 9 nitrogen and oxygen atoms in total. The molecule has 1 amide bonds. The van der Waals surface area contributed by atoms with Crippen LogP contribution in [0.15, 0.2) is 18.3 Å². The Hall–Kier alpha value is -3.35. The van der Waals surface area contributed by atoms with Gasteiger partial charge >= 0.3 is 0 Å². The molecule has 1 aliphatic carbocycles. The number of benzene rings is 1. The zero-order valence-electron chi connectivity index (χ0n) is 20.4. The molecule has 0 bridgehead atoms. The second-order valence-corrected chi connectivity index (χ2v) is 10.6. The average molecular weight is 531 g/mol. The van der Waals surface area contributed by atoms with E-state index in [1.54, 1.807) is 0 Å². The van der Waals surface area contributed by atoms with Gasteiger partial charge < -0.3 is 31.5 Å². The first-order chi connectivity index (χ1) is 17.7. The number of ether oxygens (including phenoxy) is 1. The Kier molecular flexibility index (Phi) is 6.73. The van der Waals surface area contributed by atoms with E-state index >= 15 is 0 Å². The van der Waals surface area contributed by atoms with Gasteiger partial charge in [-0.1, -0.05) is 18.3 Å². The number of nitrogen functional groups attached to an aromatic ring is 1. The number of thiazole rings is 1. The van der Waals surface area contributed by atoms with Crippen LogP contribution in [0.1, 0.15) is 47.6 Å². The van der Waals surface area contributed by atoms with Gasteiger partial charge in [-0.3, -0.25) is 9.78 Å². The second-order valence-electron chi connectivity index (χ2n) is 9.57. The van der Waals surface area contributed by atoms with Crippen molar-refractivity contribution in [2.24, 2.45) is 11.7 Å². The second kappa shape index (κ2) is 9.84. The zero-order chi connectivity index (χ0) is 26.4. The molecular formula is C25H28F2N6O3S. The third-order valence-electron chi connectivity index (χ3n) is 6.78. The van der Waals surface area contributed by atoms with Gasteiger partial charge in [0.2, 0.25) is 0 Å². The number of carbonyl (C=O) groups excluding carboxylic acids is 1. The Morgan fingerprint density at radius 1 is 1.32 bits per heavy atom. The summed E-state index contributed by atoms with van der Waals surface area (Å²) in [5.41, 5.74) is 14.5. The number of fused-ring (bicyclic) bond motifs is 1. The van der Waals surface area contributed by atoms with Gasteiger partial charge in [-0.15, -0.1) is 0 Å². The summed E-state index contributed by atoms with van der Waals surface area (Å²) in [6, 6.07) is 2.20. The number of nitrogens with two attached hydrogens (primary N) is 2. The first-order valence-corrected chi connectivity index (χ1v) is 12.8. The monoisotopic (exact) mass is 530 g/mol. The van der Waals surface area contributed by atoms with Gasteiger partial charge in [-0.2, -0.15) is 0 Å². The van der Waals surface area contributed by atoms with Gasteiger partial charge in [0.25, 0.3) is 5.91 Å². The van der Waals surface area contributed by atoms with E-state index in [1.165, 1.54) is 19.4 Å². The molecule has 2 aromatic heterocycles. The lowest BCUT2D eigenvalue weighted by Crippen LogP contribution is -2.47. The van der Waals surface area contributed by atoms with Crippen molar-refractivity contribution in [2.45, 2.75) is 38.3 Å². The maximum absolute atomic E-state index is 14.8. The molecule has 196 valence electrons. The lowest BCUT2D eigenvalue weighted by molar-refractivity contribution is 0.102. The fourth-order valence-electron chi connectivity index (χ4n) is 5.21. The number of methoxy groups -OCH3 is 1. The Balaban J connectivity index is 1.51. The number of aliphatic hydroxyl groups is 1. The molecule has 3 unspecified atom stereocenters. The minimum absolute atomic E-state index is 0.00817. The minimum atomic E-state index is -0.928. The van der Waals surface area contributed by atoms with E-state index in [0.717, 1.165) is 41.6 Å². The van der Waals surface area contributed by atoms with Gasteiger partial charge in [-0.05, 0) is 37.3 Å². The summed E-state index contributed by atoms with van der Waals surface area (Å²) in [6.07, 6.45) is 2.89. The number of nitrogens with zero attached hydrogens (tertiary/aromatic N) is 3. The fourth-order valence-corrected chi connectivity index (χ4v) is 6.08. The van der Waals surface area contributed by atoms with E-state index < -0.39 is 29.2 Å². The Morgan fingerprint density at radius 2 is 2.11 bits per heavy atom. The number of rotatable bonds is 5. The minimum Gasteiger partial charge on any atom is -0.494 e. The number of hydrogen-bond donors (Lipinski definition) is 4. The fraction of sp³-hybridized carbons (Fsp3) is 0.400. The number of pyridine rings is 1. The molecule has 0 spiro atoms. The summed E-state index contributed by atoms with van der Waals surface area (Å²) in [6.45, 7) is 3.45. The van der Waals surface area contributed by atoms with Crippen molar-refractivity contribution < 1.29 is 23.4 Å². The molecule has 2 aliphatic rings. The largest absolute Gasteiger partial charge is 0.494 e. The molecule has 1 aliphatic heterocycles. The predicted molar refractivity (Wildman–Crippen MR) is 138 cm³/mol. The number of aromatic nitrogens is 2. The lowest BCUT2D eigenvalue weighted by atomic mass is 9.95. The highest BCUT2D eigenvalue weighted by atomic mass is 32.1. The van der Waals surface area contributed by atoms with E-state index in [2.05, 4.69) is 27.1 Å². The number of hydrogen-bond acceptors (Lipinski definition) is 9. The van der Waals surface area contributed by atoms with Crippen LogP contribution in [0.5, 0.6) is 5.75 Å². The van der Waals surface area contributed by atoms with E-state index in [1.807, 2.05) is 0 Å². The summed E-state index contributed by atoms with van der Waals surface area (Å²) >= 11 is 0.802. The third kappa shape index (κ3) is 4.60. The van der Waals surface area contributed by atoms with Crippen molar-refractivity contribution in [2.75, 3.05) is 36.1 Å². The Bertz CT molecular complexity index is 1360. The highest BCUT2D eigenvalue weighted by Crippen LogP contribution is 2.42. The molecule has 5 rings (SSSR count). The molecule has 1 aromatic carbocycles. The summed E-state index contributed by atoms with van der Waals surface area (Å²) in [7, 11) is 1.27. The van der Waals surface area contributed by atoms with Crippen LogP contribution in [0.2, 0.25) is 0 Å². The molecule has 1 fully saturated rings. The van der Waals surface area contributed by atoms with Crippen molar-refractivity contribution in [1.29, 1.82) is 0 Å². The van der Waals surface area contributed by atoms with E-state index in [4.69, 9.17) is 16.2 Å². The molecule has 3 atom stereocenters. The maximum Gasteiger partial charge on any atom is 0.277 e.